The van der Waals surface area contributed by atoms with Gasteiger partial charge < -0.3 is 0 Å². The summed E-state index contributed by atoms with van der Waals surface area (Å²) < 4.78 is 13.9. The van der Waals surface area contributed by atoms with Crippen LogP contribution in [-0.4, -0.2) is 10.9 Å². The third kappa shape index (κ3) is 3.55. The van der Waals surface area contributed by atoms with Gasteiger partial charge in [0, 0.05) is 15.4 Å². The van der Waals surface area contributed by atoms with Gasteiger partial charge in [0.05, 0.1) is 11.3 Å². The summed E-state index contributed by atoms with van der Waals surface area (Å²) in [5.41, 5.74) is 4.40. The quantitative estimate of drug-likeness (QED) is 0.618. The first kappa shape index (κ1) is 16.8. The molecular formula is C18H14BrFN2OS. The number of carbonyl (C=O) groups excluding carboxylic acids is 1. The van der Waals surface area contributed by atoms with E-state index in [1.54, 1.807) is 0 Å². The van der Waals surface area contributed by atoms with E-state index in [-0.39, 0.29) is 5.56 Å². The van der Waals surface area contributed by atoms with Gasteiger partial charge in [-0.2, -0.15) is 0 Å². The first-order valence-electron chi connectivity index (χ1n) is 7.23. The molecule has 0 unspecified atom stereocenters. The molecular weight excluding hydrogens is 391 g/mol. The number of aryl methyl sites for hydroxylation is 2. The molecule has 0 radical (unpaired) electrons. The van der Waals surface area contributed by atoms with Gasteiger partial charge in [-0.25, -0.2) is 9.37 Å². The Hall–Kier alpha value is -2.05. The SMILES string of the molecule is Cc1ccc(-c2csc(NC(=O)c3cc(F)ccc3Br)n2)c(C)c1. The van der Waals surface area contributed by atoms with Crippen molar-refractivity contribution in [1.29, 1.82) is 0 Å². The summed E-state index contributed by atoms with van der Waals surface area (Å²) >= 11 is 4.60. The van der Waals surface area contributed by atoms with E-state index in [0.717, 1.165) is 16.8 Å². The van der Waals surface area contributed by atoms with Gasteiger partial charge in [-0.15, -0.1) is 11.3 Å². The van der Waals surface area contributed by atoms with Crippen molar-refractivity contribution in [1.82, 2.24) is 4.98 Å². The fourth-order valence-electron chi connectivity index (χ4n) is 2.39. The highest BCUT2D eigenvalue weighted by Gasteiger charge is 2.14. The average molecular weight is 405 g/mol. The van der Waals surface area contributed by atoms with E-state index in [0.29, 0.717) is 9.60 Å². The molecule has 0 aliphatic heterocycles. The number of benzene rings is 2. The molecule has 0 aliphatic rings. The molecule has 1 heterocycles. The first-order valence-corrected chi connectivity index (χ1v) is 8.91. The lowest BCUT2D eigenvalue weighted by Gasteiger charge is -2.05. The van der Waals surface area contributed by atoms with Gasteiger partial charge in [0.25, 0.3) is 5.91 Å². The van der Waals surface area contributed by atoms with Crippen LogP contribution in [0.3, 0.4) is 0 Å². The lowest BCUT2D eigenvalue weighted by atomic mass is 10.0. The van der Waals surface area contributed by atoms with Crippen LogP contribution >= 0.6 is 27.3 Å². The average Bonchev–Trinajstić information content (AvgIpc) is 2.97. The smallest absolute Gasteiger partial charge is 0.258 e. The van der Waals surface area contributed by atoms with E-state index in [2.05, 4.69) is 32.3 Å². The van der Waals surface area contributed by atoms with Gasteiger partial charge in [0.1, 0.15) is 5.82 Å². The largest absolute Gasteiger partial charge is 0.298 e. The van der Waals surface area contributed by atoms with Crippen LogP contribution in [0.2, 0.25) is 0 Å². The van der Waals surface area contributed by atoms with Gasteiger partial charge in [-0.3, -0.25) is 10.1 Å². The van der Waals surface area contributed by atoms with Crippen LogP contribution in [-0.2, 0) is 0 Å². The molecule has 6 heteroatoms. The fourth-order valence-corrected chi connectivity index (χ4v) is 3.52. The number of amides is 1. The van der Waals surface area contributed by atoms with Crippen LogP contribution in [0.5, 0.6) is 0 Å². The number of thiazole rings is 1. The molecule has 0 bridgehead atoms. The zero-order valence-electron chi connectivity index (χ0n) is 13.1. The van der Waals surface area contributed by atoms with Crippen molar-refractivity contribution in [3.05, 3.63) is 68.8 Å². The minimum absolute atomic E-state index is 0.235. The lowest BCUT2D eigenvalue weighted by Crippen LogP contribution is -2.12. The maximum absolute atomic E-state index is 13.3. The van der Waals surface area contributed by atoms with Crippen LogP contribution < -0.4 is 5.32 Å². The molecule has 2 aromatic carbocycles. The van der Waals surface area contributed by atoms with Crippen molar-refractivity contribution in [3.63, 3.8) is 0 Å². The molecule has 1 aromatic heterocycles. The lowest BCUT2D eigenvalue weighted by molar-refractivity contribution is 0.102. The number of hydrogen-bond acceptors (Lipinski definition) is 3. The van der Waals surface area contributed by atoms with Gasteiger partial charge >= 0.3 is 0 Å². The number of anilines is 1. The second kappa shape index (κ2) is 6.83. The van der Waals surface area contributed by atoms with E-state index in [9.17, 15) is 9.18 Å². The second-order valence-corrected chi connectivity index (χ2v) is 7.15. The minimum Gasteiger partial charge on any atom is -0.298 e. The standard InChI is InChI=1S/C18H14BrFN2OS/c1-10-3-5-13(11(2)7-10)16-9-24-18(21-16)22-17(23)14-8-12(20)4-6-15(14)19/h3-9H,1-2H3,(H,21,22,23). The Kier molecular flexibility index (Phi) is 4.78. The van der Waals surface area contributed by atoms with E-state index in [4.69, 9.17) is 0 Å². The molecule has 24 heavy (non-hydrogen) atoms. The maximum Gasteiger partial charge on any atom is 0.258 e. The Morgan fingerprint density at radius 2 is 2.00 bits per heavy atom. The Morgan fingerprint density at radius 3 is 2.75 bits per heavy atom. The highest BCUT2D eigenvalue weighted by atomic mass is 79.9. The van der Waals surface area contributed by atoms with Crippen LogP contribution in [0.1, 0.15) is 21.5 Å². The van der Waals surface area contributed by atoms with Crippen LogP contribution in [0, 0.1) is 19.7 Å². The zero-order chi connectivity index (χ0) is 17.3. The predicted octanol–water partition coefficient (Wildman–Crippen LogP) is 5.58. The van der Waals surface area contributed by atoms with Gasteiger partial charge in [-0.05, 0) is 53.5 Å². The van der Waals surface area contributed by atoms with Crippen molar-refractivity contribution in [2.45, 2.75) is 13.8 Å². The molecule has 3 nitrogen and oxygen atoms in total. The van der Waals surface area contributed by atoms with E-state index < -0.39 is 11.7 Å². The summed E-state index contributed by atoms with van der Waals surface area (Å²) in [6, 6.07) is 10.1. The summed E-state index contributed by atoms with van der Waals surface area (Å²) in [6.45, 7) is 4.07. The van der Waals surface area contributed by atoms with Crippen molar-refractivity contribution in [2.75, 3.05) is 5.32 Å². The Balaban J connectivity index is 1.83. The number of nitrogens with zero attached hydrogens (tertiary/aromatic N) is 1. The fraction of sp³-hybridized carbons (Fsp3) is 0.111. The molecule has 0 spiro atoms. The number of aromatic nitrogens is 1. The summed E-state index contributed by atoms with van der Waals surface area (Å²) in [5, 5.41) is 5.09. The monoisotopic (exact) mass is 404 g/mol. The van der Waals surface area contributed by atoms with E-state index in [1.165, 1.54) is 35.1 Å². The number of nitrogens with one attached hydrogen (secondary N) is 1. The Labute approximate surface area is 151 Å². The molecule has 122 valence electrons. The molecule has 0 saturated carbocycles. The Bertz CT molecular complexity index is 923. The second-order valence-electron chi connectivity index (χ2n) is 5.43. The van der Waals surface area contributed by atoms with Crippen LogP contribution in [0.25, 0.3) is 11.3 Å². The number of hydrogen-bond donors (Lipinski definition) is 1. The summed E-state index contributed by atoms with van der Waals surface area (Å²) in [7, 11) is 0. The van der Waals surface area contributed by atoms with Crippen molar-refractivity contribution in [3.8, 4) is 11.3 Å². The molecule has 0 fully saturated rings. The third-order valence-corrected chi connectivity index (χ3v) is 5.00. The highest BCUT2D eigenvalue weighted by molar-refractivity contribution is 9.10. The van der Waals surface area contributed by atoms with Crippen LogP contribution in [0.15, 0.2) is 46.3 Å². The van der Waals surface area contributed by atoms with Gasteiger partial charge in [-0.1, -0.05) is 23.8 Å². The molecule has 0 atom stereocenters. The third-order valence-electron chi connectivity index (χ3n) is 3.56. The van der Waals surface area contributed by atoms with Crippen molar-refractivity contribution in [2.24, 2.45) is 0 Å². The number of carbonyl (C=O) groups is 1. The van der Waals surface area contributed by atoms with Crippen molar-refractivity contribution < 1.29 is 9.18 Å². The summed E-state index contributed by atoms with van der Waals surface area (Å²) in [6.07, 6.45) is 0. The molecule has 1 amide bonds. The highest BCUT2D eigenvalue weighted by Crippen LogP contribution is 2.28. The molecule has 1 N–H and O–H groups in total. The van der Waals surface area contributed by atoms with E-state index in [1.807, 2.05) is 31.4 Å². The number of halogens is 2. The van der Waals surface area contributed by atoms with Crippen molar-refractivity contribution >= 4 is 38.3 Å². The molecule has 3 aromatic rings. The molecule has 3 rings (SSSR count). The maximum atomic E-state index is 13.3. The number of rotatable bonds is 3. The Morgan fingerprint density at radius 1 is 1.21 bits per heavy atom. The minimum atomic E-state index is -0.460. The molecule has 0 saturated heterocycles. The predicted molar refractivity (Wildman–Crippen MR) is 99.1 cm³/mol. The first-order chi connectivity index (χ1) is 11.4. The topological polar surface area (TPSA) is 42.0 Å². The summed E-state index contributed by atoms with van der Waals surface area (Å²) in [5.74, 6) is -0.860. The van der Waals surface area contributed by atoms with E-state index >= 15 is 0 Å². The summed E-state index contributed by atoms with van der Waals surface area (Å²) in [4.78, 5) is 16.8. The zero-order valence-corrected chi connectivity index (χ0v) is 15.5. The normalized spacial score (nSPS) is 10.7. The van der Waals surface area contributed by atoms with Gasteiger partial charge in [0.2, 0.25) is 0 Å². The van der Waals surface area contributed by atoms with Crippen LogP contribution in [0.4, 0.5) is 9.52 Å². The van der Waals surface area contributed by atoms with Gasteiger partial charge in [0.15, 0.2) is 5.13 Å². The molecule has 0 aliphatic carbocycles.